The van der Waals surface area contributed by atoms with E-state index in [-0.39, 0.29) is 0 Å². The average molecular weight is 1210 g/mol. The second kappa shape index (κ2) is 31.6. The molecule has 34 nitrogen and oxygen atoms in total. The van der Waals surface area contributed by atoms with Gasteiger partial charge < -0.3 is 99.8 Å². The highest BCUT2D eigenvalue weighted by Gasteiger charge is 2.61. The van der Waals surface area contributed by atoms with Crippen LogP contribution in [0, 0.1) is 0 Å². The molecule has 0 aromatic heterocycles. The van der Waals surface area contributed by atoms with Crippen molar-refractivity contribution in [1.82, 2.24) is 0 Å². The van der Waals surface area contributed by atoms with Crippen molar-refractivity contribution in [3.63, 3.8) is 0 Å². The second-order valence-corrected chi connectivity index (χ2v) is 18.9. The molecule has 20 atom stereocenters. The van der Waals surface area contributed by atoms with Gasteiger partial charge in [0.15, 0.2) is 80.1 Å². The molecule has 1 N–H and O–H groups in total. The molecule has 4 saturated heterocycles. The van der Waals surface area contributed by atoms with Crippen LogP contribution in [-0.4, -0.2) is 232 Å². The van der Waals surface area contributed by atoms with Crippen molar-refractivity contribution in [2.45, 2.75) is 213 Å². The molecule has 472 valence electrons. The van der Waals surface area contributed by atoms with Crippen LogP contribution in [0.2, 0.25) is 0 Å². The van der Waals surface area contributed by atoms with Crippen molar-refractivity contribution >= 4 is 77.6 Å². The van der Waals surface area contributed by atoms with Gasteiger partial charge >= 0.3 is 77.6 Å². The zero-order valence-corrected chi connectivity index (χ0v) is 47.8. The molecule has 4 aliphatic heterocycles. The fraction of sp³-hybridized carbons (Fsp3) is 0.740. The van der Waals surface area contributed by atoms with E-state index in [1.54, 1.807) is 0 Å². The minimum absolute atomic E-state index is 0.745. The lowest BCUT2D eigenvalue weighted by atomic mass is 9.94. The molecule has 4 fully saturated rings. The summed E-state index contributed by atoms with van der Waals surface area (Å²) in [5.74, 6) is -13.5. The third-order valence-corrected chi connectivity index (χ3v) is 11.8. The Hall–Kier alpha value is -7.21. The highest BCUT2D eigenvalue weighted by atomic mass is 16.8. The van der Waals surface area contributed by atoms with Crippen LogP contribution in [0.4, 0.5) is 0 Å². The Bertz CT molecular complexity index is 2410. The number of carbonyl (C=O) groups excluding carboxylic acids is 13. The van der Waals surface area contributed by atoms with E-state index in [1.165, 1.54) is 0 Å². The molecular formula is C50H68O34. The first-order chi connectivity index (χ1) is 39.3. The molecule has 34 heteroatoms. The number of aliphatic hydroxyl groups is 1. The first kappa shape index (κ1) is 69.3. The summed E-state index contributed by atoms with van der Waals surface area (Å²) in [6.07, 6.45) is -39.0. The summed E-state index contributed by atoms with van der Waals surface area (Å²) in [5.41, 5.74) is 0. The predicted octanol–water partition coefficient (Wildman–Crippen LogP) is -2.33. The van der Waals surface area contributed by atoms with E-state index in [4.69, 9.17) is 94.7 Å². The first-order valence-corrected chi connectivity index (χ1v) is 25.6. The Morgan fingerprint density at radius 2 is 0.440 bits per heavy atom. The first-order valence-electron chi connectivity index (χ1n) is 25.6. The van der Waals surface area contributed by atoms with Gasteiger partial charge in [-0.1, -0.05) is 0 Å². The third-order valence-electron chi connectivity index (χ3n) is 11.8. The average Bonchev–Trinajstić information content (AvgIpc) is 3.03. The summed E-state index contributed by atoms with van der Waals surface area (Å²) in [4.78, 5) is 165. The van der Waals surface area contributed by atoms with Gasteiger partial charge in [-0.3, -0.25) is 62.3 Å². The maximum atomic E-state index is 13.2. The van der Waals surface area contributed by atoms with Crippen LogP contribution in [0.3, 0.4) is 0 Å². The van der Waals surface area contributed by atoms with E-state index in [1.807, 2.05) is 0 Å². The van der Waals surface area contributed by atoms with Crippen LogP contribution in [0.1, 0.15) is 90.0 Å². The lowest BCUT2D eigenvalue weighted by Gasteiger charge is -2.51. The topological polar surface area (TPSA) is 427 Å². The molecule has 4 heterocycles. The third kappa shape index (κ3) is 20.5. The lowest BCUT2D eigenvalue weighted by Crippen LogP contribution is -2.69. The highest BCUT2D eigenvalue weighted by molar-refractivity contribution is 5.71. The van der Waals surface area contributed by atoms with Gasteiger partial charge in [0, 0.05) is 90.0 Å². The van der Waals surface area contributed by atoms with Gasteiger partial charge in [0.25, 0.3) is 0 Å². The fourth-order valence-electron chi connectivity index (χ4n) is 9.06. The Balaban J connectivity index is 1.97. The van der Waals surface area contributed by atoms with E-state index in [0.717, 1.165) is 90.0 Å². The van der Waals surface area contributed by atoms with E-state index < -0.39 is 227 Å². The zero-order chi connectivity index (χ0) is 63.0. The fourth-order valence-corrected chi connectivity index (χ4v) is 9.06. The molecule has 4 rings (SSSR count). The molecule has 0 spiro atoms. The maximum Gasteiger partial charge on any atom is 0.303 e. The smallest absolute Gasteiger partial charge is 0.303 e. The number of aliphatic hydroxyl groups excluding tert-OH is 1. The molecule has 0 unspecified atom stereocenters. The molecule has 0 aromatic carbocycles. The molecule has 84 heavy (non-hydrogen) atoms. The summed E-state index contributed by atoms with van der Waals surface area (Å²) in [7, 11) is 0. The summed E-state index contributed by atoms with van der Waals surface area (Å²) >= 11 is 0. The van der Waals surface area contributed by atoms with Crippen molar-refractivity contribution in [3.05, 3.63) is 0 Å². The predicted molar refractivity (Wildman–Crippen MR) is 258 cm³/mol. The Labute approximate surface area is 478 Å². The Morgan fingerprint density at radius 3 is 0.690 bits per heavy atom. The maximum absolute atomic E-state index is 13.2. The van der Waals surface area contributed by atoms with Gasteiger partial charge in [-0.25, -0.2) is 0 Å². The van der Waals surface area contributed by atoms with Crippen LogP contribution in [0.25, 0.3) is 0 Å². The molecule has 0 bridgehead atoms. The van der Waals surface area contributed by atoms with Crippen molar-refractivity contribution in [1.29, 1.82) is 0 Å². The summed E-state index contributed by atoms with van der Waals surface area (Å²) in [6.45, 7) is 8.90. The molecular weight excluding hydrogens is 1140 g/mol. The van der Waals surface area contributed by atoms with Crippen LogP contribution in [-0.2, 0) is 157 Å². The van der Waals surface area contributed by atoms with E-state index >= 15 is 0 Å². The number of carbonyl (C=O) groups is 13. The van der Waals surface area contributed by atoms with Gasteiger partial charge in [-0.2, -0.15) is 0 Å². The molecule has 0 amide bonds. The number of hydrogen-bond acceptors (Lipinski definition) is 34. The molecule has 4 aliphatic rings. The van der Waals surface area contributed by atoms with Crippen molar-refractivity contribution in [3.8, 4) is 0 Å². The van der Waals surface area contributed by atoms with Gasteiger partial charge in [-0.15, -0.1) is 0 Å². The molecule has 0 aromatic rings. The quantitative estimate of drug-likeness (QED) is 0.0828. The van der Waals surface area contributed by atoms with Crippen LogP contribution < -0.4 is 0 Å². The second-order valence-electron chi connectivity index (χ2n) is 18.9. The zero-order valence-electron chi connectivity index (χ0n) is 47.8. The molecule has 0 saturated carbocycles. The normalized spacial score (nSPS) is 32.7. The van der Waals surface area contributed by atoms with Crippen molar-refractivity contribution in [2.75, 3.05) is 26.4 Å². The monoisotopic (exact) mass is 1210 g/mol. The largest absolute Gasteiger partial charge is 0.463 e. The van der Waals surface area contributed by atoms with Gasteiger partial charge in [-0.05, 0) is 0 Å². The number of hydrogen-bond donors (Lipinski definition) is 1. The summed E-state index contributed by atoms with van der Waals surface area (Å²) in [6, 6.07) is 0. The lowest BCUT2D eigenvalue weighted by molar-refractivity contribution is -0.388. The molecule has 0 aliphatic carbocycles. The van der Waals surface area contributed by atoms with Crippen molar-refractivity contribution < 1.29 is 162 Å². The number of ether oxygens (including phenoxy) is 20. The Kier molecular flexibility index (Phi) is 26.1. The van der Waals surface area contributed by atoms with Gasteiger partial charge in [0.2, 0.25) is 0 Å². The van der Waals surface area contributed by atoms with Crippen LogP contribution >= 0.6 is 0 Å². The van der Waals surface area contributed by atoms with E-state index in [0.29, 0.717) is 0 Å². The summed E-state index contributed by atoms with van der Waals surface area (Å²) in [5, 5.41) is 11.0. The highest BCUT2D eigenvalue weighted by Crippen LogP contribution is 2.40. The van der Waals surface area contributed by atoms with Crippen molar-refractivity contribution in [2.24, 2.45) is 0 Å². The van der Waals surface area contributed by atoms with Crippen LogP contribution in [0.5, 0.6) is 0 Å². The number of rotatable bonds is 23. The van der Waals surface area contributed by atoms with E-state index in [2.05, 4.69) is 0 Å². The van der Waals surface area contributed by atoms with Gasteiger partial charge in [0.05, 0.1) is 0 Å². The minimum atomic E-state index is -2.21. The summed E-state index contributed by atoms with van der Waals surface area (Å²) < 4.78 is 115. The standard InChI is InChI=1S/C50H68O34/c1-18(51)65-14-31-36(39(70-23(6)56)43(47(64)78-31)74-27(10)60)82-49-45(76-29(12)62)41(72-25(8)58)38(33(80-49)16-67-20(3)53)84-50-46(77-30(13)63)42(73-26(9)59)37(34(81-50)17-68-21(4)54)83-48-44(75-28(11)61)40(71-24(7)57)35(69-22(5)55)32(79-48)15-66-19(2)52/h31-50,64H,14-17H2,1-13H3/t31-,32-,33-,34-,35-,36-,37-,38-,39+,40+,41+,42+,43-,44-,45-,46-,47-,48+,49+,50+/m1/s1. The van der Waals surface area contributed by atoms with Crippen LogP contribution in [0.15, 0.2) is 0 Å². The minimum Gasteiger partial charge on any atom is -0.463 e. The number of esters is 13. The Morgan fingerprint density at radius 1 is 0.250 bits per heavy atom. The van der Waals surface area contributed by atoms with Gasteiger partial charge in [0.1, 0.15) is 69.2 Å². The SMILES string of the molecule is CC(=O)OC[C@H]1O[C@@H](O)[C@H](OC(C)=O)[C@@H](OC(C)=O)[C@@H]1O[C@@H]1O[C@H](COC(C)=O)[C@@H](O[C@@H]2O[C@H](COC(C)=O)[C@@H](O[C@@H]3O[C@H](COC(C)=O)[C@@H](OC(C)=O)[C@H](OC(C)=O)[C@H]3OC(C)=O)[C@H](OC(C)=O)[C@H]2OC(C)=O)[C@H](OC(C)=O)[C@H]1OC(C)=O. The van der Waals surface area contributed by atoms with E-state index in [9.17, 15) is 67.4 Å². The molecule has 0 radical (unpaired) electrons.